The number of rotatable bonds is 4. The van der Waals surface area contributed by atoms with Crippen LogP contribution in [0.3, 0.4) is 0 Å². The van der Waals surface area contributed by atoms with Crippen molar-refractivity contribution in [1.29, 1.82) is 0 Å². The molecule has 2 aromatic heterocycles. The Morgan fingerprint density at radius 3 is 2.78 bits per heavy atom. The maximum atomic E-state index is 12.5. The molecule has 1 fully saturated rings. The molecule has 0 saturated carbocycles. The molecule has 1 unspecified atom stereocenters. The number of sulfonamides is 1. The van der Waals surface area contributed by atoms with Crippen LogP contribution in [0, 0.1) is 5.92 Å². The third-order valence-electron chi connectivity index (χ3n) is 4.14. The van der Waals surface area contributed by atoms with E-state index in [1.54, 1.807) is 16.7 Å². The Hall–Kier alpha value is -2.00. The Morgan fingerprint density at radius 2 is 2.09 bits per heavy atom. The number of nitrogens with one attached hydrogen (secondary N) is 1. The highest BCUT2D eigenvalue weighted by Crippen LogP contribution is 2.24. The molecule has 0 aromatic carbocycles. The number of nitrogen functional groups attached to an aromatic ring is 1. The van der Waals surface area contributed by atoms with E-state index in [9.17, 15) is 8.42 Å². The zero-order valence-corrected chi connectivity index (χ0v) is 13.5. The van der Waals surface area contributed by atoms with Gasteiger partial charge in [-0.05, 0) is 31.6 Å². The smallest absolute Gasteiger partial charge is 0.246 e. The molecule has 9 heteroatoms. The summed E-state index contributed by atoms with van der Waals surface area (Å²) in [5.41, 5.74) is 6.44. The van der Waals surface area contributed by atoms with Gasteiger partial charge < -0.3 is 5.73 Å². The topological polar surface area (TPSA) is 118 Å². The second kappa shape index (κ2) is 6.63. The minimum absolute atomic E-state index is 0.223. The van der Waals surface area contributed by atoms with Gasteiger partial charge in [0.1, 0.15) is 10.7 Å². The van der Waals surface area contributed by atoms with Crippen LogP contribution >= 0.6 is 0 Å². The lowest BCUT2D eigenvalue weighted by atomic mass is 9.95. The lowest BCUT2D eigenvalue weighted by Crippen LogP contribution is -2.32. The minimum atomic E-state index is -3.45. The summed E-state index contributed by atoms with van der Waals surface area (Å²) in [4.78, 5) is 8.56. The van der Waals surface area contributed by atoms with Crippen LogP contribution in [0.2, 0.25) is 0 Å². The largest absolute Gasteiger partial charge is 0.382 e. The van der Waals surface area contributed by atoms with Gasteiger partial charge in [0.15, 0.2) is 0 Å². The van der Waals surface area contributed by atoms with Crippen molar-refractivity contribution in [2.75, 3.05) is 18.8 Å². The molecule has 0 aliphatic carbocycles. The molecule has 3 heterocycles. The molecule has 1 aliphatic heterocycles. The third kappa shape index (κ3) is 3.67. The first kappa shape index (κ1) is 15.9. The van der Waals surface area contributed by atoms with Crippen LogP contribution in [0.15, 0.2) is 29.7 Å². The number of hydrogen-bond acceptors (Lipinski definition) is 6. The van der Waals surface area contributed by atoms with Crippen molar-refractivity contribution in [1.82, 2.24) is 24.5 Å². The number of aromatic amines is 1. The number of hydrogen-bond donors (Lipinski definition) is 2. The quantitative estimate of drug-likeness (QED) is 0.853. The molecule has 8 nitrogen and oxygen atoms in total. The number of aromatic nitrogens is 4. The van der Waals surface area contributed by atoms with E-state index in [0.717, 1.165) is 31.4 Å². The Bertz CT molecular complexity index is 729. The van der Waals surface area contributed by atoms with Gasteiger partial charge in [0, 0.05) is 19.3 Å². The van der Waals surface area contributed by atoms with Gasteiger partial charge in [-0.15, -0.1) is 0 Å². The Labute approximate surface area is 135 Å². The van der Waals surface area contributed by atoms with Gasteiger partial charge in [-0.25, -0.2) is 13.4 Å². The highest BCUT2D eigenvalue weighted by molar-refractivity contribution is 7.89. The molecular formula is C14H20N6O2S. The maximum Gasteiger partial charge on any atom is 0.246 e. The molecule has 3 rings (SSSR count). The van der Waals surface area contributed by atoms with Gasteiger partial charge in [0.25, 0.3) is 0 Å². The van der Waals surface area contributed by atoms with E-state index < -0.39 is 10.0 Å². The van der Waals surface area contributed by atoms with Crippen molar-refractivity contribution in [3.05, 3.63) is 30.5 Å². The zero-order chi connectivity index (χ0) is 16.3. The summed E-state index contributed by atoms with van der Waals surface area (Å²) in [5, 5.41) is 6.28. The average Bonchev–Trinajstić information content (AvgIpc) is 2.98. The first-order valence-electron chi connectivity index (χ1n) is 7.61. The highest BCUT2D eigenvalue weighted by atomic mass is 32.2. The van der Waals surface area contributed by atoms with Crippen molar-refractivity contribution in [2.24, 2.45) is 5.92 Å². The van der Waals surface area contributed by atoms with Crippen molar-refractivity contribution >= 4 is 15.8 Å². The third-order valence-corrected chi connectivity index (χ3v) is 6.00. The highest BCUT2D eigenvalue weighted by Gasteiger charge is 2.28. The van der Waals surface area contributed by atoms with Crippen LogP contribution in [-0.4, -0.2) is 46.0 Å². The monoisotopic (exact) mass is 336 g/mol. The fraction of sp³-hybridized carbons (Fsp3) is 0.500. The molecule has 0 spiro atoms. The summed E-state index contributed by atoms with van der Waals surface area (Å²) in [5.74, 6) is 0.810. The fourth-order valence-corrected chi connectivity index (χ4v) is 4.28. The van der Waals surface area contributed by atoms with Gasteiger partial charge in [-0.2, -0.15) is 9.40 Å². The van der Waals surface area contributed by atoms with Crippen LogP contribution in [0.4, 0.5) is 5.82 Å². The lowest BCUT2D eigenvalue weighted by Gasteiger charge is -2.19. The molecule has 0 radical (unpaired) electrons. The molecule has 3 N–H and O–H groups in total. The predicted octanol–water partition coefficient (Wildman–Crippen LogP) is 0.815. The lowest BCUT2D eigenvalue weighted by molar-refractivity contribution is 0.409. The van der Waals surface area contributed by atoms with E-state index in [1.165, 1.54) is 12.4 Å². The van der Waals surface area contributed by atoms with E-state index in [4.69, 9.17) is 5.73 Å². The predicted molar refractivity (Wildman–Crippen MR) is 84.8 cm³/mol. The van der Waals surface area contributed by atoms with Crippen LogP contribution in [0.5, 0.6) is 0 Å². The van der Waals surface area contributed by atoms with Gasteiger partial charge in [0.05, 0.1) is 24.3 Å². The Morgan fingerprint density at radius 1 is 1.22 bits per heavy atom. The van der Waals surface area contributed by atoms with Crippen LogP contribution in [-0.2, 0) is 16.4 Å². The van der Waals surface area contributed by atoms with E-state index in [-0.39, 0.29) is 4.90 Å². The molecule has 2 aromatic rings. The molecular weight excluding hydrogens is 316 g/mol. The maximum absolute atomic E-state index is 12.5. The second-order valence-electron chi connectivity index (χ2n) is 5.77. The van der Waals surface area contributed by atoms with Crippen LogP contribution in [0.25, 0.3) is 0 Å². The van der Waals surface area contributed by atoms with E-state index in [1.807, 2.05) is 0 Å². The number of anilines is 1. The van der Waals surface area contributed by atoms with Gasteiger partial charge >= 0.3 is 0 Å². The standard InChI is InChI=1S/C14H20N6O2S/c15-14-10-16-12(7-17-14)6-11-2-1-4-20(5-3-11)23(21,22)13-8-18-19-9-13/h7-11H,1-6H2,(H2,15,17)(H,18,19). The molecule has 0 bridgehead atoms. The average molecular weight is 336 g/mol. The summed E-state index contributed by atoms with van der Waals surface area (Å²) in [6.07, 6.45) is 9.44. The van der Waals surface area contributed by atoms with Gasteiger partial charge in [-0.3, -0.25) is 10.1 Å². The first-order chi connectivity index (χ1) is 11.1. The minimum Gasteiger partial charge on any atom is -0.382 e. The van der Waals surface area contributed by atoms with Crippen LogP contribution < -0.4 is 5.73 Å². The molecule has 0 amide bonds. The number of H-pyrrole nitrogens is 1. The number of nitrogens with zero attached hydrogens (tertiary/aromatic N) is 4. The molecule has 1 saturated heterocycles. The van der Waals surface area contributed by atoms with Crippen molar-refractivity contribution in [3.8, 4) is 0 Å². The fourth-order valence-electron chi connectivity index (χ4n) is 2.88. The zero-order valence-electron chi connectivity index (χ0n) is 12.7. The van der Waals surface area contributed by atoms with Crippen molar-refractivity contribution < 1.29 is 8.42 Å². The van der Waals surface area contributed by atoms with Crippen molar-refractivity contribution in [3.63, 3.8) is 0 Å². The summed E-state index contributed by atoms with van der Waals surface area (Å²) < 4.78 is 26.6. The van der Waals surface area contributed by atoms with Crippen molar-refractivity contribution in [2.45, 2.75) is 30.6 Å². The Kier molecular flexibility index (Phi) is 4.58. The van der Waals surface area contributed by atoms with Gasteiger partial charge in [0.2, 0.25) is 10.0 Å². The molecule has 23 heavy (non-hydrogen) atoms. The summed E-state index contributed by atoms with van der Waals surface area (Å²) in [6.45, 7) is 1.05. The second-order valence-corrected chi connectivity index (χ2v) is 7.71. The van der Waals surface area contributed by atoms with Crippen LogP contribution in [0.1, 0.15) is 25.0 Å². The molecule has 124 valence electrons. The summed E-state index contributed by atoms with van der Waals surface area (Å²) in [6, 6.07) is 0. The number of nitrogens with two attached hydrogens (primary N) is 1. The molecule has 1 aliphatic rings. The van der Waals surface area contributed by atoms with E-state index >= 15 is 0 Å². The van der Waals surface area contributed by atoms with E-state index in [0.29, 0.717) is 24.8 Å². The first-order valence-corrected chi connectivity index (χ1v) is 9.05. The Balaban J connectivity index is 1.64. The SMILES string of the molecule is Nc1cnc(CC2CCCN(S(=O)(=O)c3cn[nH]c3)CC2)cn1. The van der Waals surface area contributed by atoms with Gasteiger partial charge in [-0.1, -0.05) is 0 Å². The van der Waals surface area contributed by atoms with E-state index in [2.05, 4.69) is 20.2 Å². The molecule has 1 atom stereocenters. The summed E-state index contributed by atoms with van der Waals surface area (Å²) >= 11 is 0. The summed E-state index contributed by atoms with van der Waals surface area (Å²) in [7, 11) is -3.45. The normalized spacial score (nSPS) is 20.3.